The Morgan fingerprint density at radius 3 is 2.09 bits per heavy atom. The van der Waals surface area contributed by atoms with E-state index in [2.05, 4.69) is 15.9 Å². The Bertz CT molecular complexity index is 1010. The topological polar surface area (TPSA) is 112 Å². The van der Waals surface area contributed by atoms with Crippen LogP contribution in [0.4, 0.5) is 0 Å². The minimum atomic E-state index is -1.12. The number of amides is 1. The van der Waals surface area contributed by atoms with Gasteiger partial charge in [0.1, 0.15) is 5.75 Å². The fourth-order valence-corrected chi connectivity index (χ4v) is 5.25. The number of carboxylic acids is 1. The molecule has 2 rings (SSSR count). The van der Waals surface area contributed by atoms with Gasteiger partial charge in [0.25, 0.3) is 11.7 Å². The molecule has 2 aromatic rings. The van der Waals surface area contributed by atoms with Crippen LogP contribution in [0.25, 0.3) is 10.9 Å². The molecule has 188 valence electrons. The maximum atomic E-state index is 12.7. The Balaban J connectivity index is 2.09. The van der Waals surface area contributed by atoms with E-state index in [1.165, 1.54) is 44.9 Å². The number of rotatable bonds is 17. The molecule has 0 saturated heterocycles. The molecule has 0 unspecified atom stereocenters. The van der Waals surface area contributed by atoms with E-state index in [9.17, 15) is 14.4 Å². The van der Waals surface area contributed by atoms with E-state index >= 15 is 0 Å². The monoisotopic (exact) mass is 648 g/mol. The first kappa shape index (κ1) is 28.6. The van der Waals surface area contributed by atoms with Crippen LogP contribution in [0.2, 0.25) is 0 Å². The Hall–Kier alpha value is -1.62. The summed E-state index contributed by atoms with van der Waals surface area (Å²) in [5.74, 6) is -2.66. The lowest BCUT2D eigenvalue weighted by molar-refractivity contribution is -0.139. The number of nitrogens with zero attached hydrogens (tertiary/aromatic N) is 1. The van der Waals surface area contributed by atoms with Gasteiger partial charge in [0.2, 0.25) is 0 Å². The molecule has 0 saturated carbocycles. The molecule has 0 bridgehead atoms. The fraction of sp³-hybridized carbons (Fsp3) is 0.560. The second kappa shape index (κ2) is 14.7. The Morgan fingerprint density at radius 2 is 1.56 bits per heavy atom. The van der Waals surface area contributed by atoms with Crippen molar-refractivity contribution >= 4 is 67.1 Å². The van der Waals surface area contributed by atoms with E-state index in [1.807, 2.05) is 39.3 Å². The Morgan fingerprint density at radius 1 is 1.00 bits per heavy atom. The molecule has 34 heavy (non-hydrogen) atoms. The molecule has 0 aliphatic carbocycles. The number of benzene rings is 1. The number of halogens is 2. The van der Waals surface area contributed by atoms with E-state index in [0.717, 1.165) is 30.1 Å². The summed E-state index contributed by atoms with van der Waals surface area (Å²) in [6.07, 6.45) is 12.1. The van der Waals surface area contributed by atoms with Crippen LogP contribution < -0.4 is 10.5 Å². The second-order valence-corrected chi connectivity index (χ2v) is 10.4. The number of ketones is 1. The summed E-state index contributed by atoms with van der Waals surface area (Å²) < 4.78 is 8.21. The highest BCUT2D eigenvalue weighted by molar-refractivity contribution is 14.1. The normalized spacial score (nSPS) is 11.1. The average molecular weight is 649 g/mol. The Labute approximate surface area is 223 Å². The molecule has 0 radical (unpaired) electrons. The maximum Gasteiger partial charge on any atom is 0.341 e. The van der Waals surface area contributed by atoms with Gasteiger partial charge in [0, 0.05) is 17.6 Å². The predicted octanol–water partition coefficient (Wildman–Crippen LogP) is 5.98. The van der Waals surface area contributed by atoms with Crippen molar-refractivity contribution in [2.75, 3.05) is 11.9 Å². The smallest absolute Gasteiger partial charge is 0.341 e. The average Bonchev–Trinajstić information content (AvgIpc) is 3.07. The minimum absolute atomic E-state index is 0.196. The predicted molar refractivity (Wildman–Crippen MR) is 146 cm³/mol. The number of carbonyl (C=O) groups excluding carboxylic acids is 2. The highest BCUT2D eigenvalue weighted by Crippen LogP contribution is 2.37. The van der Waals surface area contributed by atoms with E-state index in [4.69, 9.17) is 15.6 Å². The van der Waals surface area contributed by atoms with Gasteiger partial charge < -0.3 is 20.1 Å². The third-order valence-corrected chi connectivity index (χ3v) is 7.36. The molecule has 7 nitrogen and oxygen atoms in total. The molecule has 0 aliphatic heterocycles. The van der Waals surface area contributed by atoms with Crippen LogP contribution in [-0.2, 0) is 16.1 Å². The van der Waals surface area contributed by atoms with E-state index in [-0.39, 0.29) is 5.56 Å². The molecule has 0 spiro atoms. The number of hydrogen-bond acceptors (Lipinski definition) is 4. The summed E-state index contributed by atoms with van der Waals surface area (Å²) in [6, 6.07) is 3.71. The summed E-state index contributed by atoms with van der Waals surface area (Å²) in [5.41, 5.74) is 6.91. The van der Waals surface area contributed by atoms with Gasteiger partial charge in [-0.05, 0) is 54.5 Å². The lowest BCUT2D eigenvalue weighted by Crippen LogP contribution is -2.24. The Kier molecular flexibility index (Phi) is 12.4. The molecule has 0 fully saturated rings. The first-order valence-electron chi connectivity index (χ1n) is 11.9. The van der Waals surface area contributed by atoms with Gasteiger partial charge in [-0.3, -0.25) is 9.59 Å². The zero-order chi connectivity index (χ0) is 25.1. The number of aryl methyl sites for hydroxylation is 1. The van der Waals surface area contributed by atoms with Gasteiger partial charge in [-0.2, -0.15) is 0 Å². The summed E-state index contributed by atoms with van der Waals surface area (Å²) in [5, 5.41) is 10.6. The molecule has 1 heterocycles. The number of nitrogens with two attached hydrogens (primary N) is 1. The fourth-order valence-electron chi connectivity index (χ4n) is 4.25. The van der Waals surface area contributed by atoms with Crippen molar-refractivity contribution in [1.82, 2.24) is 4.57 Å². The highest BCUT2D eigenvalue weighted by Gasteiger charge is 2.27. The summed E-state index contributed by atoms with van der Waals surface area (Å²) in [6.45, 7) is 1.94. The molecular formula is C25H34BrIN2O5. The standard InChI is InChI=1S/C25H34BrIN2O5/c1-17-21(23(32)25(28)33)22-19(13-12-18(27)24(22)34-16-20(30)31)29(17)15-11-9-7-5-3-2-4-6-8-10-14-26/h12-13H,2-11,14-16H2,1H3,(H2,28,33)(H,30,31). The van der Waals surface area contributed by atoms with Crippen LogP contribution in [0, 0.1) is 10.5 Å². The van der Waals surface area contributed by atoms with Crippen LogP contribution in [0.15, 0.2) is 12.1 Å². The number of carbonyl (C=O) groups is 3. The number of hydrogen-bond donors (Lipinski definition) is 2. The third kappa shape index (κ3) is 7.96. The number of carboxylic acid groups (broad SMARTS) is 1. The quantitative estimate of drug-likeness (QED) is 0.0721. The SMILES string of the molecule is Cc1c(C(=O)C(N)=O)c2c(OCC(=O)O)c(I)ccc2n1CCCCCCCCCCCCBr. The van der Waals surface area contributed by atoms with Crippen LogP contribution >= 0.6 is 38.5 Å². The van der Waals surface area contributed by atoms with Crippen molar-refractivity contribution in [2.24, 2.45) is 5.73 Å². The van der Waals surface area contributed by atoms with Crippen LogP contribution in [0.3, 0.4) is 0 Å². The van der Waals surface area contributed by atoms with E-state index in [0.29, 0.717) is 26.9 Å². The minimum Gasteiger partial charge on any atom is -0.480 e. The number of primary amides is 1. The number of aromatic nitrogens is 1. The molecule has 1 aromatic heterocycles. The van der Waals surface area contributed by atoms with Gasteiger partial charge in [-0.1, -0.05) is 67.3 Å². The number of unbranched alkanes of at least 4 members (excludes halogenated alkanes) is 9. The number of Topliss-reactive ketones (excluding diaryl/α,β-unsaturated/α-hetero) is 1. The number of aliphatic carboxylic acids is 1. The van der Waals surface area contributed by atoms with Gasteiger partial charge in [0.15, 0.2) is 6.61 Å². The molecule has 9 heteroatoms. The highest BCUT2D eigenvalue weighted by atomic mass is 127. The zero-order valence-electron chi connectivity index (χ0n) is 19.7. The first-order chi connectivity index (χ1) is 16.3. The largest absolute Gasteiger partial charge is 0.480 e. The van der Waals surface area contributed by atoms with Crippen molar-refractivity contribution in [2.45, 2.75) is 77.7 Å². The number of fused-ring (bicyclic) bond motifs is 1. The van der Waals surface area contributed by atoms with Crippen LogP contribution in [0.5, 0.6) is 5.75 Å². The molecule has 1 amide bonds. The molecule has 0 atom stereocenters. The van der Waals surface area contributed by atoms with Crippen molar-refractivity contribution < 1.29 is 24.2 Å². The lowest BCUT2D eigenvalue weighted by atomic mass is 10.1. The van der Waals surface area contributed by atoms with Crippen LogP contribution in [-0.4, -0.2) is 39.3 Å². The first-order valence-corrected chi connectivity index (χ1v) is 14.1. The molecule has 1 aromatic carbocycles. The van der Waals surface area contributed by atoms with Crippen molar-refractivity contribution in [3.05, 3.63) is 27.0 Å². The van der Waals surface area contributed by atoms with Crippen LogP contribution in [0.1, 0.15) is 80.3 Å². The van der Waals surface area contributed by atoms with E-state index in [1.54, 1.807) is 6.92 Å². The third-order valence-electron chi connectivity index (χ3n) is 5.95. The maximum absolute atomic E-state index is 12.7. The molecular weight excluding hydrogens is 615 g/mol. The zero-order valence-corrected chi connectivity index (χ0v) is 23.5. The van der Waals surface area contributed by atoms with Crippen molar-refractivity contribution in [3.63, 3.8) is 0 Å². The van der Waals surface area contributed by atoms with Gasteiger partial charge in [-0.15, -0.1) is 0 Å². The van der Waals surface area contributed by atoms with Gasteiger partial charge >= 0.3 is 5.97 Å². The molecule has 3 N–H and O–H groups in total. The summed E-state index contributed by atoms with van der Waals surface area (Å²) >= 11 is 5.50. The van der Waals surface area contributed by atoms with Gasteiger partial charge in [-0.25, -0.2) is 4.79 Å². The second-order valence-electron chi connectivity index (χ2n) is 8.48. The van der Waals surface area contributed by atoms with E-state index < -0.39 is 24.3 Å². The lowest BCUT2D eigenvalue weighted by Gasteiger charge is -2.11. The summed E-state index contributed by atoms with van der Waals surface area (Å²) in [4.78, 5) is 35.5. The molecule has 0 aliphatic rings. The van der Waals surface area contributed by atoms with Crippen molar-refractivity contribution in [3.8, 4) is 5.75 Å². The summed E-state index contributed by atoms with van der Waals surface area (Å²) in [7, 11) is 0. The van der Waals surface area contributed by atoms with Crippen molar-refractivity contribution in [1.29, 1.82) is 0 Å². The van der Waals surface area contributed by atoms with Gasteiger partial charge in [0.05, 0.1) is 20.0 Å². The number of alkyl halides is 1. The number of ether oxygens (including phenoxy) is 1.